The summed E-state index contributed by atoms with van der Waals surface area (Å²) in [5.74, 6) is 0.976. The van der Waals surface area contributed by atoms with Crippen molar-refractivity contribution in [1.29, 1.82) is 5.26 Å². The quantitative estimate of drug-likeness (QED) is 0.669. The number of nitrogens with zero attached hydrogens (tertiary/aromatic N) is 2. The normalized spacial score (nSPS) is 9.00. The molecule has 0 aromatic carbocycles. The molecular weight excluding hydrogens is 176 g/mol. The van der Waals surface area contributed by atoms with Crippen molar-refractivity contribution in [1.82, 2.24) is 4.98 Å². The van der Waals surface area contributed by atoms with E-state index in [-0.39, 0.29) is 6.61 Å². The minimum Gasteiger partial charge on any atom is -0.477 e. The third kappa shape index (κ3) is 2.40. The van der Waals surface area contributed by atoms with Crippen molar-refractivity contribution in [3.8, 4) is 11.8 Å². The van der Waals surface area contributed by atoms with Crippen LogP contribution in [-0.2, 0) is 5.88 Å². The molecule has 1 aromatic heterocycles. The molecule has 0 aliphatic carbocycles. The molecule has 0 spiro atoms. The predicted molar refractivity (Wildman–Crippen MR) is 44.9 cm³/mol. The number of hydrogen-bond acceptors (Lipinski definition) is 3. The van der Waals surface area contributed by atoms with Crippen LogP contribution in [0, 0.1) is 11.3 Å². The van der Waals surface area contributed by atoms with Crippen LogP contribution in [0.2, 0.25) is 0 Å². The number of alkyl halides is 1. The third-order valence-corrected chi connectivity index (χ3v) is 1.51. The van der Waals surface area contributed by atoms with Crippen LogP contribution in [0.3, 0.4) is 0 Å². The Balaban J connectivity index is 2.60. The van der Waals surface area contributed by atoms with Crippen LogP contribution in [0.5, 0.6) is 5.75 Å². The zero-order valence-electron chi connectivity index (χ0n) is 6.33. The molecule has 0 saturated carbocycles. The van der Waals surface area contributed by atoms with Gasteiger partial charge in [-0.05, 0) is 12.1 Å². The summed E-state index contributed by atoms with van der Waals surface area (Å²) in [5.41, 5.74) is 0.793. The summed E-state index contributed by atoms with van der Waals surface area (Å²) in [4.78, 5) is 3.98. The molecule has 0 aliphatic heterocycles. The highest BCUT2D eigenvalue weighted by molar-refractivity contribution is 6.16. The minimum atomic E-state index is 0.0436. The molecule has 62 valence electrons. The van der Waals surface area contributed by atoms with E-state index in [9.17, 15) is 0 Å². The highest BCUT2D eigenvalue weighted by Gasteiger charge is 1.94. The van der Waals surface area contributed by atoms with Gasteiger partial charge in [-0.1, -0.05) is 0 Å². The fourth-order valence-electron chi connectivity index (χ4n) is 0.691. The maximum Gasteiger partial charge on any atom is 0.174 e. The largest absolute Gasteiger partial charge is 0.477 e. The smallest absolute Gasteiger partial charge is 0.174 e. The van der Waals surface area contributed by atoms with Crippen LogP contribution in [0.4, 0.5) is 0 Å². The average Bonchev–Trinajstić information content (AvgIpc) is 2.15. The Kier molecular flexibility index (Phi) is 3.36. The van der Waals surface area contributed by atoms with Crippen molar-refractivity contribution in [2.45, 2.75) is 5.88 Å². The van der Waals surface area contributed by atoms with Crippen molar-refractivity contribution in [3.05, 3.63) is 24.0 Å². The maximum atomic E-state index is 8.21. The standard InChI is InChI=1S/C8H7ClN2O/c9-5-7-1-2-8(6-11-7)12-4-3-10/h1-2,6H,4-5H2. The number of aromatic nitrogens is 1. The van der Waals surface area contributed by atoms with Gasteiger partial charge in [0.2, 0.25) is 0 Å². The SMILES string of the molecule is N#CCOc1ccc(CCl)nc1. The molecule has 0 aliphatic rings. The first-order valence-corrected chi connectivity index (χ1v) is 3.91. The molecule has 4 heteroatoms. The monoisotopic (exact) mass is 182 g/mol. The van der Waals surface area contributed by atoms with Crippen LogP contribution in [0.15, 0.2) is 18.3 Å². The molecule has 0 saturated heterocycles. The topological polar surface area (TPSA) is 45.9 Å². The average molecular weight is 183 g/mol. The molecule has 0 radical (unpaired) electrons. The van der Waals surface area contributed by atoms with Gasteiger partial charge in [0.1, 0.15) is 11.8 Å². The molecule has 0 amide bonds. The Morgan fingerprint density at radius 2 is 2.42 bits per heavy atom. The molecule has 1 heterocycles. The summed E-state index contributed by atoms with van der Waals surface area (Å²) >= 11 is 5.53. The van der Waals surface area contributed by atoms with Gasteiger partial charge >= 0.3 is 0 Å². The number of hydrogen-bond donors (Lipinski definition) is 0. The van der Waals surface area contributed by atoms with Crippen molar-refractivity contribution in [2.24, 2.45) is 0 Å². The molecule has 1 aromatic rings. The van der Waals surface area contributed by atoms with E-state index >= 15 is 0 Å². The first-order chi connectivity index (χ1) is 5.86. The van der Waals surface area contributed by atoms with E-state index in [1.807, 2.05) is 6.07 Å². The van der Waals surface area contributed by atoms with Crippen molar-refractivity contribution < 1.29 is 4.74 Å². The first kappa shape index (κ1) is 8.82. The van der Waals surface area contributed by atoms with E-state index < -0.39 is 0 Å². The number of halogens is 1. The summed E-state index contributed by atoms with van der Waals surface area (Å²) in [5, 5.41) is 8.21. The van der Waals surface area contributed by atoms with Crippen molar-refractivity contribution in [3.63, 3.8) is 0 Å². The molecule has 0 bridgehead atoms. The van der Waals surface area contributed by atoms with Gasteiger partial charge in [-0.3, -0.25) is 4.98 Å². The second-order valence-electron chi connectivity index (χ2n) is 2.07. The summed E-state index contributed by atoms with van der Waals surface area (Å²) in [6, 6.07) is 5.37. The van der Waals surface area contributed by atoms with E-state index in [1.165, 1.54) is 0 Å². The molecule has 0 fully saturated rings. The zero-order valence-corrected chi connectivity index (χ0v) is 7.08. The van der Waals surface area contributed by atoms with E-state index in [2.05, 4.69) is 4.98 Å². The van der Waals surface area contributed by atoms with E-state index in [0.717, 1.165) is 5.69 Å². The van der Waals surface area contributed by atoms with Gasteiger partial charge in [-0.25, -0.2) is 0 Å². The number of rotatable bonds is 3. The van der Waals surface area contributed by atoms with E-state index in [4.69, 9.17) is 21.6 Å². The predicted octanol–water partition coefficient (Wildman–Crippen LogP) is 1.72. The van der Waals surface area contributed by atoms with Gasteiger partial charge in [0.25, 0.3) is 0 Å². The van der Waals surface area contributed by atoms with Crippen molar-refractivity contribution in [2.75, 3.05) is 6.61 Å². The van der Waals surface area contributed by atoms with E-state index in [0.29, 0.717) is 11.6 Å². The van der Waals surface area contributed by atoms with Crippen LogP contribution < -0.4 is 4.74 Å². The number of pyridine rings is 1. The molecule has 0 unspecified atom stereocenters. The Morgan fingerprint density at radius 1 is 1.58 bits per heavy atom. The van der Waals surface area contributed by atoms with Crippen LogP contribution in [0.1, 0.15) is 5.69 Å². The van der Waals surface area contributed by atoms with Gasteiger partial charge < -0.3 is 4.74 Å². The molecule has 12 heavy (non-hydrogen) atoms. The third-order valence-electron chi connectivity index (χ3n) is 1.24. The van der Waals surface area contributed by atoms with Crippen LogP contribution >= 0.6 is 11.6 Å². The lowest BCUT2D eigenvalue weighted by Crippen LogP contribution is -1.94. The Labute approximate surface area is 75.6 Å². The molecule has 0 N–H and O–H groups in total. The molecule has 3 nitrogen and oxygen atoms in total. The minimum absolute atomic E-state index is 0.0436. The van der Waals surface area contributed by atoms with Crippen LogP contribution in [0.25, 0.3) is 0 Å². The molecule has 1 rings (SSSR count). The zero-order chi connectivity index (χ0) is 8.81. The first-order valence-electron chi connectivity index (χ1n) is 3.37. The lowest BCUT2D eigenvalue weighted by atomic mass is 10.4. The van der Waals surface area contributed by atoms with Gasteiger partial charge in [-0.15, -0.1) is 11.6 Å². The number of ether oxygens (including phenoxy) is 1. The summed E-state index contributed by atoms with van der Waals surface area (Å²) in [6.07, 6.45) is 1.55. The summed E-state index contributed by atoms with van der Waals surface area (Å²) in [6.45, 7) is 0.0436. The Hall–Kier alpha value is -1.27. The fourth-order valence-corrected chi connectivity index (χ4v) is 0.849. The second kappa shape index (κ2) is 4.58. The molecular formula is C8H7ClN2O. The Bertz CT molecular complexity index is 278. The second-order valence-corrected chi connectivity index (χ2v) is 2.33. The van der Waals surface area contributed by atoms with Crippen molar-refractivity contribution >= 4 is 11.6 Å². The van der Waals surface area contributed by atoms with Gasteiger partial charge in [-0.2, -0.15) is 5.26 Å². The van der Waals surface area contributed by atoms with Gasteiger partial charge in [0, 0.05) is 0 Å². The van der Waals surface area contributed by atoms with Gasteiger partial charge in [0.15, 0.2) is 6.61 Å². The fraction of sp³-hybridized carbons (Fsp3) is 0.250. The van der Waals surface area contributed by atoms with Gasteiger partial charge in [0.05, 0.1) is 17.8 Å². The molecule has 0 atom stereocenters. The summed E-state index contributed by atoms with van der Waals surface area (Å²) in [7, 11) is 0. The highest BCUT2D eigenvalue weighted by atomic mass is 35.5. The lowest BCUT2D eigenvalue weighted by molar-refractivity contribution is 0.366. The van der Waals surface area contributed by atoms with Crippen LogP contribution in [-0.4, -0.2) is 11.6 Å². The maximum absolute atomic E-state index is 8.21. The highest BCUT2D eigenvalue weighted by Crippen LogP contribution is 2.09. The number of nitriles is 1. The van der Waals surface area contributed by atoms with E-state index in [1.54, 1.807) is 18.3 Å². The Morgan fingerprint density at radius 3 is 2.92 bits per heavy atom. The lowest BCUT2D eigenvalue weighted by Gasteiger charge is -2.00. The summed E-state index contributed by atoms with van der Waals surface area (Å²) < 4.78 is 4.99.